The Kier molecular flexibility index (Phi) is 5.67. The molecule has 0 bridgehead atoms. The van der Waals surface area contributed by atoms with Crippen molar-refractivity contribution in [3.05, 3.63) is 82.0 Å². The molecule has 0 aromatic heterocycles. The van der Waals surface area contributed by atoms with Crippen molar-refractivity contribution in [3.63, 3.8) is 0 Å². The number of halogens is 2. The molecule has 21 heavy (non-hydrogen) atoms. The van der Waals surface area contributed by atoms with Crippen LogP contribution < -0.4 is 10.9 Å². The van der Waals surface area contributed by atoms with E-state index in [1.807, 2.05) is 36.4 Å². The van der Waals surface area contributed by atoms with Crippen LogP contribution in [-0.2, 0) is 6.42 Å². The van der Waals surface area contributed by atoms with Crippen LogP contribution in [0.1, 0.15) is 15.9 Å². The molecule has 108 valence electrons. The van der Waals surface area contributed by atoms with Gasteiger partial charge in [-0.05, 0) is 30.2 Å². The highest BCUT2D eigenvalue weighted by Gasteiger charge is 2.09. The van der Waals surface area contributed by atoms with Gasteiger partial charge in [-0.25, -0.2) is 0 Å². The summed E-state index contributed by atoms with van der Waals surface area (Å²) < 4.78 is 0. The van der Waals surface area contributed by atoms with Crippen LogP contribution in [-0.4, -0.2) is 5.91 Å². The second-order valence-corrected chi connectivity index (χ2v) is 5.16. The Morgan fingerprint density at radius 2 is 1.86 bits per heavy atom. The standard InChI is InChI=1S/C16H14Cl2N2O/c17-13-8-9-14(15(18)11-13)16(21)20-19-10-4-7-12-5-2-1-3-6-12/h1-6,8-11,19H,7H2,(H,20,21). The maximum absolute atomic E-state index is 11.9. The van der Waals surface area contributed by atoms with Crippen LogP contribution in [0, 0.1) is 0 Å². The van der Waals surface area contributed by atoms with E-state index in [1.165, 1.54) is 11.6 Å². The lowest BCUT2D eigenvalue weighted by atomic mass is 10.1. The Bertz CT molecular complexity index is 642. The topological polar surface area (TPSA) is 41.1 Å². The van der Waals surface area contributed by atoms with Gasteiger partial charge in [0.1, 0.15) is 0 Å². The largest absolute Gasteiger partial charge is 0.306 e. The van der Waals surface area contributed by atoms with Gasteiger partial charge in [-0.2, -0.15) is 0 Å². The number of carbonyl (C=O) groups excluding carboxylic acids is 1. The van der Waals surface area contributed by atoms with Gasteiger partial charge >= 0.3 is 0 Å². The van der Waals surface area contributed by atoms with Gasteiger partial charge in [-0.1, -0.05) is 59.6 Å². The first-order chi connectivity index (χ1) is 10.2. The van der Waals surface area contributed by atoms with Crippen LogP contribution >= 0.6 is 23.2 Å². The van der Waals surface area contributed by atoms with Crippen LogP contribution in [0.5, 0.6) is 0 Å². The molecule has 2 aromatic rings. The lowest BCUT2D eigenvalue weighted by Gasteiger charge is -2.06. The van der Waals surface area contributed by atoms with Crippen molar-refractivity contribution in [3.8, 4) is 0 Å². The Balaban J connectivity index is 1.81. The third kappa shape index (κ3) is 4.81. The van der Waals surface area contributed by atoms with Gasteiger partial charge in [-0.15, -0.1) is 0 Å². The first-order valence-corrected chi connectivity index (χ1v) is 7.12. The molecule has 3 nitrogen and oxygen atoms in total. The Morgan fingerprint density at radius 3 is 2.57 bits per heavy atom. The van der Waals surface area contributed by atoms with E-state index in [-0.39, 0.29) is 5.91 Å². The molecule has 0 saturated carbocycles. The van der Waals surface area contributed by atoms with E-state index in [1.54, 1.807) is 18.3 Å². The van der Waals surface area contributed by atoms with E-state index in [2.05, 4.69) is 10.9 Å². The summed E-state index contributed by atoms with van der Waals surface area (Å²) in [5, 5.41) is 0.808. The number of benzene rings is 2. The van der Waals surface area contributed by atoms with Crippen LogP contribution in [0.2, 0.25) is 10.0 Å². The molecule has 0 unspecified atom stereocenters. The van der Waals surface area contributed by atoms with Gasteiger partial charge in [0.05, 0.1) is 10.6 Å². The number of hydrogen-bond acceptors (Lipinski definition) is 2. The summed E-state index contributed by atoms with van der Waals surface area (Å²) in [6, 6.07) is 14.8. The molecule has 2 N–H and O–H groups in total. The molecule has 0 aliphatic heterocycles. The second-order valence-electron chi connectivity index (χ2n) is 4.31. The fraction of sp³-hybridized carbons (Fsp3) is 0.0625. The van der Waals surface area contributed by atoms with Gasteiger partial charge < -0.3 is 5.43 Å². The molecule has 2 rings (SSSR count). The average molecular weight is 321 g/mol. The highest BCUT2D eigenvalue weighted by atomic mass is 35.5. The summed E-state index contributed by atoms with van der Waals surface area (Å²) in [5.74, 6) is -0.318. The zero-order valence-corrected chi connectivity index (χ0v) is 12.7. The molecular weight excluding hydrogens is 307 g/mol. The van der Waals surface area contributed by atoms with E-state index >= 15 is 0 Å². The van der Waals surface area contributed by atoms with Crippen molar-refractivity contribution in [1.82, 2.24) is 10.9 Å². The maximum atomic E-state index is 11.9. The van der Waals surface area contributed by atoms with Gasteiger partial charge in [0.25, 0.3) is 5.91 Å². The number of rotatable bonds is 5. The Labute approximate surface area is 133 Å². The van der Waals surface area contributed by atoms with Gasteiger partial charge in [0, 0.05) is 11.2 Å². The maximum Gasteiger partial charge on any atom is 0.271 e. The lowest BCUT2D eigenvalue weighted by Crippen LogP contribution is -2.33. The zero-order chi connectivity index (χ0) is 15.1. The number of hydrogen-bond donors (Lipinski definition) is 2. The van der Waals surface area contributed by atoms with Crippen molar-refractivity contribution < 1.29 is 4.79 Å². The molecule has 0 aliphatic carbocycles. The molecule has 1 amide bonds. The quantitative estimate of drug-likeness (QED) is 0.818. The van der Waals surface area contributed by atoms with E-state index in [4.69, 9.17) is 23.2 Å². The normalized spacial score (nSPS) is 10.6. The molecule has 0 fully saturated rings. The van der Waals surface area contributed by atoms with E-state index in [0.29, 0.717) is 15.6 Å². The Morgan fingerprint density at radius 1 is 1.10 bits per heavy atom. The summed E-state index contributed by atoms with van der Waals surface area (Å²) in [4.78, 5) is 11.9. The smallest absolute Gasteiger partial charge is 0.271 e. The van der Waals surface area contributed by atoms with Crippen LogP contribution in [0.3, 0.4) is 0 Å². The molecular formula is C16H14Cl2N2O. The SMILES string of the molecule is O=C(NNC=CCc1ccccc1)c1ccc(Cl)cc1Cl. The second kappa shape index (κ2) is 7.72. The fourth-order valence-corrected chi connectivity index (χ4v) is 2.21. The van der Waals surface area contributed by atoms with E-state index < -0.39 is 0 Å². The molecule has 5 heteroatoms. The van der Waals surface area contributed by atoms with Crippen molar-refractivity contribution in [1.29, 1.82) is 0 Å². The van der Waals surface area contributed by atoms with Crippen molar-refractivity contribution >= 4 is 29.1 Å². The van der Waals surface area contributed by atoms with Gasteiger partial charge in [0.15, 0.2) is 0 Å². The van der Waals surface area contributed by atoms with Crippen molar-refractivity contribution in [2.75, 3.05) is 0 Å². The average Bonchev–Trinajstić information content (AvgIpc) is 2.47. The molecule has 0 radical (unpaired) electrons. The summed E-state index contributed by atoms with van der Waals surface area (Å²) in [6.07, 6.45) is 4.37. The summed E-state index contributed by atoms with van der Waals surface area (Å²) in [6.45, 7) is 0. The lowest BCUT2D eigenvalue weighted by molar-refractivity contribution is 0.0941. The van der Waals surface area contributed by atoms with Crippen LogP contribution in [0.25, 0.3) is 0 Å². The van der Waals surface area contributed by atoms with E-state index in [9.17, 15) is 4.79 Å². The fourth-order valence-electron chi connectivity index (χ4n) is 1.72. The minimum atomic E-state index is -0.318. The number of nitrogens with one attached hydrogen (secondary N) is 2. The third-order valence-electron chi connectivity index (χ3n) is 2.76. The molecule has 0 spiro atoms. The first kappa shape index (κ1) is 15.4. The van der Waals surface area contributed by atoms with Crippen LogP contribution in [0.15, 0.2) is 60.8 Å². The molecule has 0 heterocycles. The molecule has 2 aromatic carbocycles. The summed E-state index contributed by atoms with van der Waals surface area (Å²) in [5.41, 5.74) is 6.83. The molecule has 0 aliphatic rings. The molecule has 0 atom stereocenters. The highest BCUT2D eigenvalue weighted by molar-refractivity contribution is 6.36. The monoisotopic (exact) mass is 320 g/mol. The zero-order valence-electron chi connectivity index (χ0n) is 11.1. The Hall–Kier alpha value is -1.97. The van der Waals surface area contributed by atoms with Crippen molar-refractivity contribution in [2.45, 2.75) is 6.42 Å². The summed E-state index contributed by atoms with van der Waals surface area (Å²) >= 11 is 11.7. The molecule has 0 saturated heterocycles. The first-order valence-electron chi connectivity index (χ1n) is 6.36. The number of hydrazine groups is 1. The van der Waals surface area contributed by atoms with Gasteiger partial charge in [-0.3, -0.25) is 10.2 Å². The predicted molar refractivity (Wildman–Crippen MR) is 86.3 cm³/mol. The minimum absolute atomic E-state index is 0.315. The number of carbonyl (C=O) groups is 1. The van der Waals surface area contributed by atoms with Crippen molar-refractivity contribution in [2.24, 2.45) is 0 Å². The minimum Gasteiger partial charge on any atom is -0.306 e. The highest BCUT2D eigenvalue weighted by Crippen LogP contribution is 2.20. The predicted octanol–water partition coefficient (Wildman–Crippen LogP) is 3.98. The van der Waals surface area contributed by atoms with E-state index in [0.717, 1.165) is 6.42 Å². The summed E-state index contributed by atoms with van der Waals surface area (Å²) in [7, 11) is 0. The van der Waals surface area contributed by atoms with Crippen LogP contribution in [0.4, 0.5) is 0 Å². The number of amides is 1. The third-order valence-corrected chi connectivity index (χ3v) is 3.31. The van der Waals surface area contributed by atoms with Gasteiger partial charge in [0.2, 0.25) is 0 Å². The number of allylic oxidation sites excluding steroid dienone is 1.